The zero-order valence-electron chi connectivity index (χ0n) is 12.9. The number of hydrogen-bond donors (Lipinski definition) is 2. The number of rotatable bonds is 6. The second-order valence-corrected chi connectivity index (χ2v) is 6.78. The molecule has 1 heterocycles. The first-order chi connectivity index (χ1) is 12.1. The molecule has 0 aliphatic rings. The molecule has 5 nitrogen and oxygen atoms in total. The van der Waals surface area contributed by atoms with Crippen LogP contribution in [0.3, 0.4) is 0 Å². The highest BCUT2D eigenvalue weighted by Gasteiger charge is 2.04. The molecule has 25 heavy (non-hydrogen) atoms. The molecule has 1 aromatic heterocycles. The van der Waals surface area contributed by atoms with Crippen molar-refractivity contribution < 1.29 is 4.74 Å². The number of halogens is 2. The number of nitrogen functional groups attached to an aromatic ring is 1. The van der Waals surface area contributed by atoms with Gasteiger partial charge in [-0.05, 0) is 35.9 Å². The monoisotopic (exact) mass is 392 g/mol. The van der Waals surface area contributed by atoms with Crippen LogP contribution in [0.5, 0.6) is 5.75 Å². The van der Waals surface area contributed by atoms with Crippen molar-refractivity contribution in [3.05, 3.63) is 69.0 Å². The summed E-state index contributed by atoms with van der Waals surface area (Å²) < 4.78 is 5.87. The van der Waals surface area contributed by atoms with Crippen molar-refractivity contribution in [2.45, 2.75) is 6.61 Å². The van der Waals surface area contributed by atoms with Crippen LogP contribution in [0.25, 0.3) is 0 Å². The summed E-state index contributed by atoms with van der Waals surface area (Å²) in [6, 6.07) is 12.9. The molecule has 0 amide bonds. The minimum absolute atomic E-state index is 0.388. The molecule has 0 aliphatic heterocycles. The van der Waals surface area contributed by atoms with Gasteiger partial charge in [-0.25, -0.2) is 4.98 Å². The van der Waals surface area contributed by atoms with Gasteiger partial charge in [0.1, 0.15) is 18.2 Å². The van der Waals surface area contributed by atoms with Crippen LogP contribution < -0.4 is 15.9 Å². The van der Waals surface area contributed by atoms with Crippen molar-refractivity contribution in [3.8, 4) is 5.75 Å². The third-order valence-corrected chi connectivity index (χ3v) is 4.38. The summed E-state index contributed by atoms with van der Waals surface area (Å²) >= 11 is 13.4. The van der Waals surface area contributed by atoms with Crippen LogP contribution in [0, 0.1) is 0 Å². The van der Waals surface area contributed by atoms with Gasteiger partial charge in [0.05, 0.1) is 6.21 Å². The average Bonchev–Trinajstić information content (AvgIpc) is 2.99. The summed E-state index contributed by atoms with van der Waals surface area (Å²) in [5, 5.41) is 7.76. The Balaban J connectivity index is 1.71. The second kappa shape index (κ2) is 8.20. The molecule has 0 atom stereocenters. The normalized spacial score (nSPS) is 11.0. The number of benzene rings is 2. The molecule has 3 N–H and O–H groups in total. The summed E-state index contributed by atoms with van der Waals surface area (Å²) in [6.45, 7) is 0.388. The Bertz CT molecular complexity index is 898. The molecule has 0 spiro atoms. The van der Waals surface area contributed by atoms with Gasteiger partial charge in [-0.2, -0.15) is 5.10 Å². The minimum Gasteiger partial charge on any atom is -0.488 e. The number of ether oxygens (including phenoxy) is 1. The van der Waals surface area contributed by atoms with Gasteiger partial charge in [0.25, 0.3) is 0 Å². The number of nitrogens with two attached hydrogens (primary N) is 1. The van der Waals surface area contributed by atoms with Crippen LogP contribution in [-0.4, -0.2) is 11.2 Å². The predicted octanol–water partition coefficient (Wildman–Crippen LogP) is 5.06. The van der Waals surface area contributed by atoms with Gasteiger partial charge in [-0.15, -0.1) is 11.3 Å². The number of nitrogens with one attached hydrogen (secondary N) is 1. The third-order valence-electron chi connectivity index (χ3n) is 3.14. The molecule has 128 valence electrons. The molecule has 3 rings (SSSR count). The number of anilines is 2. The lowest BCUT2D eigenvalue weighted by atomic mass is 10.2. The lowest BCUT2D eigenvalue weighted by molar-refractivity contribution is 0.306. The van der Waals surface area contributed by atoms with Crippen LogP contribution in [0.1, 0.15) is 11.1 Å². The Labute approximate surface area is 159 Å². The molecule has 0 bridgehead atoms. The van der Waals surface area contributed by atoms with E-state index in [9.17, 15) is 0 Å². The molecule has 3 aromatic rings. The topological polar surface area (TPSA) is 72.5 Å². The van der Waals surface area contributed by atoms with Crippen molar-refractivity contribution in [1.29, 1.82) is 0 Å². The number of thiazole rings is 1. The van der Waals surface area contributed by atoms with E-state index < -0.39 is 0 Å². The van der Waals surface area contributed by atoms with Gasteiger partial charge >= 0.3 is 0 Å². The van der Waals surface area contributed by atoms with Crippen LogP contribution in [0.2, 0.25) is 10.0 Å². The van der Waals surface area contributed by atoms with Crippen LogP contribution in [0.15, 0.2) is 52.9 Å². The van der Waals surface area contributed by atoms with E-state index in [4.69, 9.17) is 33.7 Å². The molecular weight excluding hydrogens is 379 g/mol. The molecule has 0 saturated carbocycles. The number of hydrazone groups is 1. The maximum Gasteiger partial charge on any atom is 0.205 e. The van der Waals surface area contributed by atoms with Gasteiger partial charge in [-0.1, -0.05) is 35.3 Å². The summed E-state index contributed by atoms with van der Waals surface area (Å²) in [7, 11) is 0. The fraction of sp³-hybridized carbons (Fsp3) is 0.0588. The largest absolute Gasteiger partial charge is 0.488 e. The van der Waals surface area contributed by atoms with E-state index in [-0.39, 0.29) is 0 Å². The standard InChI is InChI=1S/C17H14Cl2N4OS/c18-13-3-1-2-11(6-13)9-24-15-5-4-14(19)7-12(15)8-21-23-17-22-16(20)10-25-17/h1-8,10H,9,20H2,(H,22,23). The highest BCUT2D eigenvalue weighted by Crippen LogP contribution is 2.23. The van der Waals surface area contributed by atoms with E-state index in [0.717, 1.165) is 11.1 Å². The Hall–Kier alpha value is -2.28. The van der Waals surface area contributed by atoms with Gasteiger partial charge in [0.2, 0.25) is 5.13 Å². The molecule has 0 aliphatic carbocycles. The summed E-state index contributed by atoms with van der Waals surface area (Å²) in [5.74, 6) is 1.12. The van der Waals surface area contributed by atoms with E-state index in [0.29, 0.717) is 33.4 Å². The fourth-order valence-corrected chi connectivity index (χ4v) is 2.98. The molecular formula is C17H14Cl2N4OS. The quantitative estimate of drug-likeness (QED) is 0.454. The molecule has 2 aromatic carbocycles. The van der Waals surface area contributed by atoms with Crippen LogP contribution >= 0.6 is 34.5 Å². The number of nitrogens with zero attached hydrogens (tertiary/aromatic N) is 2. The van der Waals surface area contributed by atoms with E-state index in [2.05, 4.69) is 15.5 Å². The van der Waals surface area contributed by atoms with E-state index >= 15 is 0 Å². The average molecular weight is 393 g/mol. The number of hydrogen-bond acceptors (Lipinski definition) is 6. The van der Waals surface area contributed by atoms with E-state index in [1.54, 1.807) is 29.8 Å². The Kier molecular flexibility index (Phi) is 5.75. The first-order valence-corrected chi connectivity index (χ1v) is 8.90. The zero-order chi connectivity index (χ0) is 17.6. The fourth-order valence-electron chi connectivity index (χ4n) is 2.03. The van der Waals surface area contributed by atoms with Crippen molar-refractivity contribution in [2.75, 3.05) is 11.2 Å². The first kappa shape index (κ1) is 17.5. The molecule has 0 saturated heterocycles. The Morgan fingerprint density at radius 3 is 2.80 bits per heavy atom. The zero-order valence-corrected chi connectivity index (χ0v) is 15.3. The predicted molar refractivity (Wildman–Crippen MR) is 105 cm³/mol. The summed E-state index contributed by atoms with van der Waals surface area (Å²) in [6.07, 6.45) is 1.62. The first-order valence-electron chi connectivity index (χ1n) is 7.27. The molecule has 0 fully saturated rings. The van der Waals surface area contributed by atoms with Crippen molar-refractivity contribution in [3.63, 3.8) is 0 Å². The smallest absolute Gasteiger partial charge is 0.205 e. The van der Waals surface area contributed by atoms with Gasteiger partial charge in [0.15, 0.2) is 0 Å². The van der Waals surface area contributed by atoms with Crippen molar-refractivity contribution in [2.24, 2.45) is 5.10 Å². The maximum atomic E-state index is 6.07. The van der Waals surface area contributed by atoms with E-state index in [1.165, 1.54) is 11.3 Å². The Morgan fingerprint density at radius 2 is 2.04 bits per heavy atom. The lowest BCUT2D eigenvalue weighted by Gasteiger charge is -2.10. The van der Waals surface area contributed by atoms with Crippen molar-refractivity contribution >= 4 is 51.7 Å². The summed E-state index contributed by atoms with van der Waals surface area (Å²) in [4.78, 5) is 4.07. The van der Waals surface area contributed by atoms with Gasteiger partial charge in [-0.3, -0.25) is 5.43 Å². The SMILES string of the molecule is Nc1csc(NN=Cc2cc(Cl)ccc2OCc2cccc(Cl)c2)n1. The van der Waals surface area contributed by atoms with Crippen LogP contribution in [-0.2, 0) is 6.61 Å². The molecule has 8 heteroatoms. The van der Waals surface area contributed by atoms with Gasteiger partial charge in [0, 0.05) is 21.0 Å². The van der Waals surface area contributed by atoms with E-state index in [1.807, 2.05) is 24.3 Å². The second-order valence-electron chi connectivity index (χ2n) is 5.05. The third kappa shape index (κ3) is 5.09. The maximum absolute atomic E-state index is 6.07. The molecule has 0 radical (unpaired) electrons. The lowest BCUT2D eigenvalue weighted by Crippen LogP contribution is -1.99. The van der Waals surface area contributed by atoms with Gasteiger partial charge < -0.3 is 10.5 Å². The van der Waals surface area contributed by atoms with Crippen LogP contribution in [0.4, 0.5) is 10.9 Å². The number of aromatic nitrogens is 1. The minimum atomic E-state index is 0.388. The molecule has 0 unspecified atom stereocenters. The van der Waals surface area contributed by atoms with Crippen molar-refractivity contribution in [1.82, 2.24) is 4.98 Å². The highest BCUT2D eigenvalue weighted by atomic mass is 35.5. The highest BCUT2D eigenvalue weighted by molar-refractivity contribution is 7.14. The Morgan fingerprint density at radius 1 is 1.20 bits per heavy atom. The summed E-state index contributed by atoms with van der Waals surface area (Å²) in [5.41, 5.74) is 10.1.